The number of rotatable bonds is 51. The number of fused-ring (bicyclic) bond motifs is 1. The summed E-state index contributed by atoms with van der Waals surface area (Å²) in [5.41, 5.74) is 18.5. The monoisotopic (exact) mass is 1470 g/mol. The Morgan fingerprint density at radius 3 is 1.31 bits per heavy atom. The molecule has 37 heteroatoms. The van der Waals surface area contributed by atoms with Crippen LogP contribution in [0, 0.1) is 23.7 Å². The first-order valence-electron chi connectivity index (χ1n) is 35.1. The van der Waals surface area contributed by atoms with E-state index in [0.29, 0.717) is 35.2 Å². The summed E-state index contributed by atoms with van der Waals surface area (Å²) in [5, 5.41) is 81.5. The van der Waals surface area contributed by atoms with Crippen LogP contribution < -0.4 is 86.3 Å². The molecule has 1 heterocycles. The standard InChI is InChI=1S/C67H111N17O20/c1-9-36(6)16-12-15-19-50(88)72-30-51(89)74-43(22-25-68)57(93)73-31-52(90)75-47(32-85)62(98)79-46(28-39-29-71-41-18-14-13-17-40(39)41)61(97)80-48(33-86)63(99)77-44(23-26-69)58(94)76-45(24-27-70)60(96)83-55(37(7)10-2)65(101)78-42(20-21-53(91)92)59(95)82-54(35(4)5)64(100)84-56(38(8)11-3)66(102)81-49(34-87)67(103)104/h13-14,17-18,29,35-38,42-49,54-56,71,85-87H,9-12,15-16,19-28,30-34,68-70H2,1-8H3,(H,72,88)(H,73,93)(H,74,89)(H,75,90)(H,76,94)(H,77,99)(H,78,101)(H,79,98)(H,80,97)(H,81,102)(H,82,95)(H,83,96)(H,84,100)(H,91,92)(H,103,104). The van der Waals surface area contributed by atoms with Crippen LogP contribution >= 0.6 is 0 Å². The molecule has 584 valence electrons. The number of aliphatic hydroxyl groups is 3. The molecule has 14 atom stereocenters. The van der Waals surface area contributed by atoms with Crippen LogP contribution in [0.3, 0.4) is 0 Å². The smallest absolute Gasteiger partial charge is 0.328 e. The molecule has 25 N–H and O–H groups in total. The van der Waals surface area contributed by atoms with Crippen molar-refractivity contribution >= 4 is 99.6 Å². The van der Waals surface area contributed by atoms with Crippen LogP contribution in [0.25, 0.3) is 10.9 Å². The molecule has 1 aromatic heterocycles. The molecule has 14 unspecified atom stereocenters. The number of amides is 13. The van der Waals surface area contributed by atoms with Gasteiger partial charge in [-0.25, -0.2) is 4.79 Å². The number of carbonyl (C=O) groups excluding carboxylic acids is 13. The molecule has 0 spiro atoms. The molecule has 0 bridgehead atoms. The second-order valence-corrected chi connectivity index (χ2v) is 25.9. The summed E-state index contributed by atoms with van der Waals surface area (Å²) in [7, 11) is 0. The van der Waals surface area contributed by atoms with E-state index in [1.54, 1.807) is 58.2 Å². The van der Waals surface area contributed by atoms with Gasteiger partial charge in [0.05, 0.1) is 32.9 Å². The first-order chi connectivity index (χ1) is 49.3. The lowest BCUT2D eigenvalue weighted by molar-refractivity contribution is -0.144. The van der Waals surface area contributed by atoms with Crippen LogP contribution in [0.4, 0.5) is 0 Å². The highest BCUT2D eigenvalue weighted by atomic mass is 16.4. The number of benzene rings is 1. The van der Waals surface area contributed by atoms with Gasteiger partial charge in [0.2, 0.25) is 76.8 Å². The Kier molecular flexibility index (Phi) is 41.6. The van der Waals surface area contributed by atoms with Crippen molar-refractivity contribution < 1.29 is 97.5 Å². The molecule has 0 saturated carbocycles. The molecule has 0 fully saturated rings. The summed E-state index contributed by atoms with van der Waals surface area (Å²) in [6.07, 6.45) is 3.54. The Labute approximate surface area is 603 Å². The molecule has 0 aliphatic rings. The molecule has 1 aromatic carbocycles. The number of nitrogens with two attached hydrogens (primary N) is 3. The van der Waals surface area contributed by atoms with Gasteiger partial charge in [0, 0.05) is 36.4 Å². The van der Waals surface area contributed by atoms with Crippen LogP contribution in [-0.4, -0.2) is 238 Å². The van der Waals surface area contributed by atoms with Gasteiger partial charge in [-0.3, -0.25) is 67.1 Å². The first-order valence-corrected chi connectivity index (χ1v) is 35.1. The number of nitrogens with one attached hydrogen (secondary N) is 14. The zero-order valence-corrected chi connectivity index (χ0v) is 60.5. The Morgan fingerprint density at radius 2 is 0.817 bits per heavy atom. The number of aromatic nitrogens is 1. The van der Waals surface area contributed by atoms with Crippen molar-refractivity contribution in [2.24, 2.45) is 40.9 Å². The van der Waals surface area contributed by atoms with Crippen molar-refractivity contribution in [1.82, 2.24) is 74.1 Å². The van der Waals surface area contributed by atoms with Crippen molar-refractivity contribution in [2.75, 3.05) is 52.5 Å². The minimum absolute atomic E-state index is 0.0660. The summed E-state index contributed by atoms with van der Waals surface area (Å²) >= 11 is 0. The van der Waals surface area contributed by atoms with Gasteiger partial charge in [-0.05, 0) is 87.0 Å². The fourth-order valence-corrected chi connectivity index (χ4v) is 10.5. The van der Waals surface area contributed by atoms with Crippen LogP contribution in [0.1, 0.15) is 138 Å². The number of aliphatic carboxylic acids is 2. The number of para-hydroxylation sites is 1. The third-order valence-electron chi connectivity index (χ3n) is 17.5. The summed E-state index contributed by atoms with van der Waals surface area (Å²) in [4.78, 5) is 204. The van der Waals surface area contributed by atoms with Gasteiger partial charge in [-0.1, -0.05) is 106 Å². The van der Waals surface area contributed by atoms with E-state index < -0.39 is 213 Å². The Balaban J connectivity index is 2.33. The average molecular weight is 1470 g/mol. The van der Waals surface area contributed by atoms with Crippen LogP contribution in [-0.2, 0) is 78.3 Å². The molecule has 104 heavy (non-hydrogen) atoms. The Hall–Kier alpha value is -9.43. The molecule has 2 rings (SSSR count). The van der Waals surface area contributed by atoms with E-state index in [2.05, 4.69) is 87.9 Å². The largest absolute Gasteiger partial charge is 0.481 e. The van der Waals surface area contributed by atoms with E-state index in [9.17, 15) is 97.5 Å². The third-order valence-corrected chi connectivity index (χ3v) is 17.5. The second kappa shape index (κ2) is 47.8. The lowest BCUT2D eigenvalue weighted by Crippen LogP contribution is -2.62. The number of carbonyl (C=O) groups is 15. The van der Waals surface area contributed by atoms with Crippen LogP contribution in [0.5, 0.6) is 0 Å². The number of H-pyrrole nitrogens is 1. The predicted octanol–water partition coefficient (Wildman–Crippen LogP) is -5.40. The third kappa shape index (κ3) is 31.3. The zero-order chi connectivity index (χ0) is 78.3. The van der Waals surface area contributed by atoms with Gasteiger partial charge in [0.1, 0.15) is 66.5 Å². The fourth-order valence-electron chi connectivity index (χ4n) is 10.5. The van der Waals surface area contributed by atoms with Gasteiger partial charge in [-0.2, -0.15) is 0 Å². The molecular formula is C67H111N17O20. The molecule has 2 aromatic rings. The average Bonchev–Trinajstić information content (AvgIpc) is 1.60. The van der Waals surface area contributed by atoms with Crippen LogP contribution in [0.2, 0.25) is 0 Å². The number of aliphatic hydroxyl groups excluding tert-OH is 3. The van der Waals surface area contributed by atoms with E-state index in [4.69, 9.17) is 17.2 Å². The maximum Gasteiger partial charge on any atom is 0.328 e. The highest BCUT2D eigenvalue weighted by Gasteiger charge is 2.39. The van der Waals surface area contributed by atoms with E-state index in [-0.39, 0.29) is 64.1 Å². The Bertz CT molecular complexity index is 3190. The molecule has 0 aliphatic heterocycles. The van der Waals surface area contributed by atoms with E-state index in [1.165, 1.54) is 13.8 Å². The van der Waals surface area contributed by atoms with Gasteiger partial charge in [-0.15, -0.1) is 0 Å². The van der Waals surface area contributed by atoms with E-state index in [1.807, 2.05) is 0 Å². The molecule has 0 saturated heterocycles. The summed E-state index contributed by atoms with van der Waals surface area (Å²) in [5.74, 6) is -16.7. The number of unbranched alkanes of at least 4 members (excludes halogenated alkanes) is 1. The molecule has 0 aliphatic carbocycles. The Morgan fingerprint density at radius 1 is 0.413 bits per heavy atom. The van der Waals surface area contributed by atoms with Crippen LogP contribution in [0.15, 0.2) is 30.5 Å². The lowest BCUT2D eigenvalue weighted by Gasteiger charge is -2.31. The highest BCUT2D eigenvalue weighted by Crippen LogP contribution is 2.20. The van der Waals surface area contributed by atoms with E-state index in [0.717, 1.165) is 19.3 Å². The second-order valence-electron chi connectivity index (χ2n) is 25.9. The van der Waals surface area contributed by atoms with Gasteiger partial charge < -0.3 is 117 Å². The number of hydrogen-bond acceptors (Lipinski definition) is 21. The highest BCUT2D eigenvalue weighted by molar-refractivity contribution is 6.00. The van der Waals surface area contributed by atoms with Crippen molar-refractivity contribution in [3.63, 3.8) is 0 Å². The van der Waals surface area contributed by atoms with Crippen molar-refractivity contribution in [3.05, 3.63) is 36.0 Å². The van der Waals surface area contributed by atoms with E-state index >= 15 is 0 Å². The molecule has 0 radical (unpaired) electrons. The SMILES string of the molecule is CCC(C)CCCCC(=O)NCC(=O)NC(CCN)C(=O)NCC(=O)NC(CO)C(=O)NC(Cc1c[nH]c2ccccc12)C(=O)NC(CO)C(=O)NC(CCN)C(=O)NC(CCN)C(=O)NC(C(=O)NC(CCC(=O)O)C(=O)NC(C(=O)NC(C(=O)NC(CO)C(=O)O)C(C)CC)C(C)C)C(C)CC. The van der Waals surface area contributed by atoms with Crippen molar-refractivity contribution in [2.45, 2.75) is 205 Å². The summed E-state index contributed by atoms with van der Waals surface area (Å²) in [6, 6.07) is -10.4. The predicted molar refractivity (Wildman–Crippen MR) is 378 cm³/mol. The zero-order valence-electron chi connectivity index (χ0n) is 60.5. The number of carboxylic acids is 2. The topological polar surface area (TPSA) is 607 Å². The van der Waals surface area contributed by atoms with Crippen molar-refractivity contribution in [3.8, 4) is 0 Å². The molecular weight excluding hydrogens is 1360 g/mol. The quantitative estimate of drug-likeness (QED) is 0.0275. The fraction of sp³-hybridized carbons (Fsp3) is 0.657. The van der Waals surface area contributed by atoms with Gasteiger partial charge in [0.15, 0.2) is 0 Å². The van der Waals surface area contributed by atoms with Gasteiger partial charge >= 0.3 is 11.9 Å². The number of carboxylic acid groups (broad SMARTS) is 2. The minimum Gasteiger partial charge on any atom is -0.481 e. The lowest BCUT2D eigenvalue weighted by atomic mass is 9.95. The normalized spacial score (nSPS) is 15.3. The minimum atomic E-state index is -1.86. The maximum atomic E-state index is 14.3. The van der Waals surface area contributed by atoms with Crippen molar-refractivity contribution in [1.29, 1.82) is 0 Å². The molecule has 13 amide bonds. The summed E-state index contributed by atoms with van der Waals surface area (Å²) in [6.45, 7) is 8.88. The number of hydrogen-bond donors (Lipinski definition) is 22. The summed E-state index contributed by atoms with van der Waals surface area (Å²) < 4.78 is 0. The molecule has 37 nitrogen and oxygen atoms in total. The van der Waals surface area contributed by atoms with Gasteiger partial charge in [0.25, 0.3) is 0 Å². The number of aromatic amines is 1. The maximum absolute atomic E-state index is 14.3. The first kappa shape index (κ1) is 90.7.